The molecule has 0 atom stereocenters. The highest BCUT2D eigenvalue weighted by Gasteiger charge is 2.30. The number of carbonyl (C=O) groups is 2. The molecule has 0 saturated carbocycles. The van der Waals surface area contributed by atoms with E-state index >= 15 is 0 Å². The minimum absolute atomic E-state index is 0.0975. The van der Waals surface area contributed by atoms with E-state index in [1.165, 1.54) is 22.2 Å². The van der Waals surface area contributed by atoms with Gasteiger partial charge in [0.1, 0.15) is 0 Å². The monoisotopic (exact) mass is 394 g/mol. The molecule has 0 spiro atoms. The van der Waals surface area contributed by atoms with E-state index in [0.717, 1.165) is 5.56 Å². The fourth-order valence-corrected chi connectivity index (χ4v) is 3.55. The van der Waals surface area contributed by atoms with Gasteiger partial charge in [0, 0.05) is 7.05 Å². The Kier molecular flexibility index (Phi) is 5.99. The Hall–Kier alpha value is -2.86. The summed E-state index contributed by atoms with van der Waals surface area (Å²) >= 11 is 1.32. The second-order valence-corrected chi connectivity index (χ2v) is 7.79. The summed E-state index contributed by atoms with van der Waals surface area (Å²) in [6, 6.07) is 14.9. The predicted molar refractivity (Wildman–Crippen MR) is 114 cm³/mol. The number of benzene rings is 2. The van der Waals surface area contributed by atoms with Crippen molar-refractivity contribution in [2.24, 2.45) is 4.99 Å². The highest BCUT2D eigenvalue weighted by molar-refractivity contribution is 8.18. The second kappa shape index (κ2) is 8.44. The summed E-state index contributed by atoms with van der Waals surface area (Å²) in [6.45, 7) is 5.63. The first-order valence-corrected chi connectivity index (χ1v) is 9.79. The van der Waals surface area contributed by atoms with E-state index in [1.54, 1.807) is 45.2 Å². The maximum Gasteiger partial charge on any atom is 0.338 e. The molecule has 144 valence electrons. The topological polar surface area (TPSA) is 59.0 Å². The smallest absolute Gasteiger partial charge is 0.338 e. The van der Waals surface area contributed by atoms with Gasteiger partial charge in [-0.15, -0.1) is 0 Å². The zero-order chi connectivity index (χ0) is 20.3. The summed E-state index contributed by atoms with van der Waals surface area (Å²) in [5, 5.41) is 0.567. The van der Waals surface area contributed by atoms with Crippen LogP contribution >= 0.6 is 11.8 Å². The summed E-state index contributed by atoms with van der Waals surface area (Å²) in [6.07, 6.45) is 1.67. The lowest BCUT2D eigenvalue weighted by atomic mass is 10.1. The number of thioether (sulfide) groups is 1. The van der Waals surface area contributed by atoms with Gasteiger partial charge in [0.05, 0.1) is 22.3 Å². The zero-order valence-corrected chi connectivity index (χ0v) is 17.1. The Balaban J connectivity index is 1.84. The van der Waals surface area contributed by atoms with Gasteiger partial charge in [-0.3, -0.25) is 9.69 Å². The molecule has 0 unspecified atom stereocenters. The number of hydrogen-bond donors (Lipinski definition) is 0. The first-order valence-electron chi connectivity index (χ1n) is 8.97. The second-order valence-electron chi connectivity index (χ2n) is 6.78. The van der Waals surface area contributed by atoms with Gasteiger partial charge >= 0.3 is 5.97 Å². The fourth-order valence-electron chi connectivity index (χ4n) is 2.56. The normalized spacial score (nSPS) is 17.0. The Bertz CT molecular complexity index is 962. The van der Waals surface area contributed by atoms with E-state index in [-0.39, 0.29) is 18.0 Å². The summed E-state index contributed by atoms with van der Waals surface area (Å²) in [5.41, 5.74) is 3.16. The van der Waals surface area contributed by atoms with Crippen molar-refractivity contribution in [2.45, 2.75) is 26.9 Å². The van der Waals surface area contributed by atoms with E-state index < -0.39 is 0 Å². The average Bonchev–Trinajstić information content (AvgIpc) is 2.91. The lowest BCUT2D eigenvalue weighted by Gasteiger charge is -2.09. The number of amides is 1. The molecule has 6 heteroatoms. The number of amidine groups is 1. The third-order valence-corrected chi connectivity index (χ3v) is 5.09. The number of carbonyl (C=O) groups excluding carboxylic acids is 2. The van der Waals surface area contributed by atoms with Gasteiger partial charge in [-0.1, -0.05) is 35.9 Å². The van der Waals surface area contributed by atoms with Crippen LogP contribution in [-0.4, -0.2) is 35.1 Å². The quantitative estimate of drug-likeness (QED) is 0.552. The minimum Gasteiger partial charge on any atom is -0.459 e. The first-order chi connectivity index (χ1) is 13.3. The summed E-state index contributed by atoms with van der Waals surface area (Å²) in [4.78, 5) is 31.3. The van der Waals surface area contributed by atoms with Gasteiger partial charge < -0.3 is 4.74 Å². The lowest BCUT2D eigenvalue weighted by Crippen LogP contribution is -2.23. The van der Waals surface area contributed by atoms with Gasteiger partial charge in [-0.25, -0.2) is 9.79 Å². The van der Waals surface area contributed by atoms with Gasteiger partial charge in [-0.05, 0) is 62.4 Å². The molecule has 1 heterocycles. The number of likely N-dealkylation sites (N-methyl/N-ethyl adjacent to an activating group) is 1. The number of nitrogens with zero attached hydrogens (tertiary/aromatic N) is 2. The maximum atomic E-state index is 12.6. The van der Waals surface area contributed by atoms with Crippen LogP contribution in [0.25, 0.3) is 6.08 Å². The highest BCUT2D eigenvalue weighted by Crippen LogP contribution is 2.33. The van der Waals surface area contributed by atoms with Crippen molar-refractivity contribution in [3.63, 3.8) is 0 Å². The van der Waals surface area contributed by atoms with E-state index in [9.17, 15) is 9.59 Å². The maximum absolute atomic E-state index is 12.6. The van der Waals surface area contributed by atoms with Crippen LogP contribution in [0.5, 0.6) is 0 Å². The van der Waals surface area contributed by atoms with Crippen molar-refractivity contribution in [3.05, 3.63) is 70.1 Å². The van der Waals surface area contributed by atoms with Gasteiger partial charge in [0.2, 0.25) is 0 Å². The number of esters is 1. The molecule has 3 rings (SSSR count). The van der Waals surface area contributed by atoms with Crippen molar-refractivity contribution in [1.29, 1.82) is 0 Å². The molecule has 5 nitrogen and oxygen atoms in total. The molecule has 0 radical (unpaired) electrons. The molecule has 2 aromatic rings. The molecule has 0 N–H and O–H groups in total. The van der Waals surface area contributed by atoms with Crippen molar-refractivity contribution in [1.82, 2.24) is 4.90 Å². The Morgan fingerprint density at radius 1 is 1.18 bits per heavy atom. The third-order valence-electron chi connectivity index (χ3n) is 4.03. The van der Waals surface area contributed by atoms with Crippen LogP contribution in [0, 0.1) is 6.92 Å². The number of ether oxygens (including phenoxy) is 1. The van der Waals surface area contributed by atoms with Crippen LogP contribution in [-0.2, 0) is 9.53 Å². The van der Waals surface area contributed by atoms with Crippen molar-refractivity contribution >= 4 is 40.6 Å². The van der Waals surface area contributed by atoms with E-state index in [1.807, 2.05) is 37.3 Å². The SMILES string of the molecule is Cc1ccc(/C=C2/SC(=Nc3cccc(C(=O)OC(C)C)c3)N(C)C2=O)cc1. The molecule has 0 aromatic heterocycles. The Morgan fingerprint density at radius 3 is 2.57 bits per heavy atom. The molecule has 0 bridgehead atoms. The van der Waals surface area contributed by atoms with E-state index in [0.29, 0.717) is 21.3 Å². The van der Waals surface area contributed by atoms with Crippen LogP contribution in [0.2, 0.25) is 0 Å². The van der Waals surface area contributed by atoms with E-state index in [4.69, 9.17) is 4.74 Å². The predicted octanol–water partition coefficient (Wildman–Crippen LogP) is 4.79. The molecule has 0 aliphatic carbocycles. The van der Waals surface area contributed by atoms with Crippen LogP contribution in [0.3, 0.4) is 0 Å². The van der Waals surface area contributed by atoms with E-state index in [2.05, 4.69) is 4.99 Å². The minimum atomic E-state index is -0.388. The molecule has 28 heavy (non-hydrogen) atoms. The molecule has 1 fully saturated rings. The van der Waals surface area contributed by atoms with Crippen LogP contribution in [0.4, 0.5) is 5.69 Å². The Labute approximate surface area is 169 Å². The molecule has 1 saturated heterocycles. The Morgan fingerprint density at radius 2 is 1.89 bits per heavy atom. The average molecular weight is 394 g/mol. The molecular weight excluding hydrogens is 372 g/mol. The third kappa shape index (κ3) is 4.70. The standard InChI is InChI=1S/C22H22N2O3S/c1-14(2)27-21(26)17-6-5-7-18(13-17)23-22-24(4)20(25)19(28-22)12-16-10-8-15(3)9-11-16/h5-14H,1-4H3/b19-12+,23-22?. The molecule has 2 aromatic carbocycles. The molecule has 1 aliphatic rings. The van der Waals surface area contributed by atoms with Crippen LogP contribution < -0.4 is 0 Å². The summed E-state index contributed by atoms with van der Waals surface area (Å²) in [5.74, 6) is -0.486. The van der Waals surface area contributed by atoms with Crippen molar-refractivity contribution in [3.8, 4) is 0 Å². The number of rotatable bonds is 4. The van der Waals surface area contributed by atoms with Crippen molar-refractivity contribution < 1.29 is 14.3 Å². The summed E-state index contributed by atoms with van der Waals surface area (Å²) < 4.78 is 5.22. The lowest BCUT2D eigenvalue weighted by molar-refractivity contribution is -0.121. The van der Waals surface area contributed by atoms with Gasteiger partial charge in [0.15, 0.2) is 5.17 Å². The largest absolute Gasteiger partial charge is 0.459 e. The molecule has 1 amide bonds. The highest BCUT2D eigenvalue weighted by atomic mass is 32.2. The first kappa shape index (κ1) is 19.9. The number of aryl methyl sites for hydroxylation is 1. The van der Waals surface area contributed by atoms with Gasteiger partial charge in [-0.2, -0.15) is 0 Å². The molecule has 1 aliphatic heterocycles. The summed E-state index contributed by atoms with van der Waals surface area (Å²) in [7, 11) is 1.70. The zero-order valence-electron chi connectivity index (χ0n) is 16.3. The van der Waals surface area contributed by atoms with Crippen LogP contribution in [0.1, 0.15) is 35.3 Å². The molecular formula is C22H22N2O3S. The van der Waals surface area contributed by atoms with Gasteiger partial charge in [0.25, 0.3) is 5.91 Å². The van der Waals surface area contributed by atoms with Crippen molar-refractivity contribution in [2.75, 3.05) is 7.05 Å². The van der Waals surface area contributed by atoms with Crippen LogP contribution in [0.15, 0.2) is 58.4 Å². The number of aliphatic imine (C=N–C) groups is 1. The fraction of sp³-hybridized carbons (Fsp3) is 0.227. The number of hydrogen-bond acceptors (Lipinski definition) is 5.